The molecule has 0 aromatic heterocycles. The fourth-order valence-electron chi connectivity index (χ4n) is 2.12. The Morgan fingerprint density at radius 1 is 1.39 bits per heavy atom. The number of hydrogen-bond acceptors (Lipinski definition) is 3. The van der Waals surface area contributed by atoms with Crippen LogP contribution in [-0.4, -0.2) is 41.7 Å². The lowest BCUT2D eigenvalue weighted by atomic mass is 10.1. The Kier molecular flexibility index (Phi) is 4.33. The van der Waals surface area contributed by atoms with Crippen LogP contribution in [0.25, 0.3) is 0 Å². The molecule has 0 radical (unpaired) electrons. The maximum atomic E-state index is 11.7. The lowest BCUT2D eigenvalue weighted by Crippen LogP contribution is -2.53. The highest BCUT2D eigenvalue weighted by Gasteiger charge is 2.25. The highest BCUT2D eigenvalue weighted by molar-refractivity contribution is 5.92. The topological polar surface area (TPSA) is 52.6 Å². The van der Waals surface area contributed by atoms with E-state index >= 15 is 0 Å². The molecule has 0 aliphatic carbocycles. The summed E-state index contributed by atoms with van der Waals surface area (Å²) in [7, 11) is 0. The molecule has 0 bridgehead atoms. The monoisotopic (exact) mass is 248 g/mol. The molecule has 2 N–H and O–H groups in total. The molecule has 1 heterocycles. The molecule has 4 nitrogen and oxygen atoms in total. The minimum atomic E-state index is -0.258. The van der Waals surface area contributed by atoms with Crippen molar-refractivity contribution in [2.24, 2.45) is 0 Å². The molecule has 0 saturated carbocycles. The number of anilines is 1. The molecule has 1 saturated heterocycles. The average Bonchev–Trinajstić information content (AvgIpc) is 2.30. The van der Waals surface area contributed by atoms with Crippen molar-refractivity contribution in [3.63, 3.8) is 0 Å². The van der Waals surface area contributed by atoms with Crippen LogP contribution in [0.1, 0.15) is 18.9 Å². The first-order valence-corrected chi connectivity index (χ1v) is 6.46. The number of nitrogens with zero attached hydrogens (tertiary/aromatic N) is 1. The third-order valence-corrected chi connectivity index (χ3v) is 3.08. The average molecular weight is 248 g/mol. The normalized spacial score (nSPS) is 16.3. The minimum Gasteiger partial charge on any atom is -0.390 e. The van der Waals surface area contributed by atoms with Crippen molar-refractivity contribution < 1.29 is 9.90 Å². The number of carbonyl (C=O) groups excluding carboxylic acids is 1. The van der Waals surface area contributed by atoms with E-state index in [2.05, 4.69) is 12.2 Å². The summed E-state index contributed by atoms with van der Waals surface area (Å²) in [4.78, 5) is 13.6. The van der Waals surface area contributed by atoms with Gasteiger partial charge in [0.25, 0.3) is 0 Å². The first kappa shape index (κ1) is 13.1. The van der Waals surface area contributed by atoms with Gasteiger partial charge in [-0.1, -0.05) is 25.5 Å². The van der Waals surface area contributed by atoms with Crippen LogP contribution in [0.3, 0.4) is 0 Å². The Bertz CT molecular complexity index is 397. The van der Waals surface area contributed by atoms with Crippen molar-refractivity contribution in [3.8, 4) is 0 Å². The van der Waals surface area contributed by atoms with E-state index < -0.39 is 0 Å². The minimum absolute atomic E-state index is 0.0230. The smallest absolute Gasteiger partial charge is 0.238 e. The molecule has 1 aromatic rings. The van der Waals surface area contributed by atoms with Gasteiger partial charge in [0.1, 0.15) is 0 Å². The predicted molar refractivity (Wildman–Crippen MR) is 71.5 cm³/mol. The number of rotatable bonds is 5. The van der Waals surface area contributed by atoms with Gasteiger partial charge in [0.15, 0.2) is 0 Å². The Balaban J connectivity index is 1.79. The molecular formula is C14H20N2O2. The van der Waals surface area contributed by atoms with E-state index in [1.54, 1.807) is 0 Å². The van der Waals surface area contributed by atoms with Crippen molar-refractivity contribution in [1.82, 2.24) is 4.90 Å². The summed E-state index contributed by atoms with van der Waals surface area (Å²) < 4.78 is 0. The second kappa shape index (κ2) is 5.98. The molecule has 1 aromatic carbocycles. The Labute approximate surface area is 108 Å². The number of aryl methyl sites for hydroxylation is 1. The number of β-amino-alcohol motifs (C(OH)–C–C–N with tert-alkyl or cyclic N) is 1. The molecule has 0 spiro atoms. The van der Waals surface area contributed by atoms with Gasteiger partial charge in [-0.3, -0.25) is 9.69 Å². The summed E-state index contributed by atoms with van der Waals surface area (Å²) in [5.74, 6) is -0.0230. The number of benzene rings is 1. The van der Waals surface area contributed by atoms with Gasteiger partial charge in [0, 0.05) is 18.8 Å². The van der Waals surface area contributed by atoms with Crippen molar-refractivity contribution >= 4 is 11.6 Å². The van der Waals surface area contributed by atoms with Crippen molar-refractivity contribution in [1.29, 1.82) is 0 Å². The maximum absolute atomic E-state index is 11.7. The summed E-state index contributed by atoms with van der Waals surface area (Å²) in [6.07, 6.45) is 1.94. The van der Waals surface area contributed by atoms with Crippen LogP contribution in [0.4, 0.5) is 5.69 Å². The van der Waals surface area contributed by atoms with Crippen LogP contribution >= 0.6 is 0 Å². The van der Waals surface area contributed by atoms with Gasteiger partial charge in [-0.15, -0.1) is 0 Å². The van der Waals surface area contributed by atoms with Crippen LogP contribution < -0.4 is 5.32 Å². The van der Waals surface area contributed by atoms with Crippen LogP contribution in [0, 0.1) is 0 Å². The zero-order chi connectivity index (χ0) is 13.0. The standard InChI is InChI=1S/C14H20N2O2/c1-2-3-11-4-6-12(7-5-11)15-14(18)10-16-8-13(17)9-16/h4-7,13,17H,2-3,8-10H2,1H3,(H,15,18). The third-order valence-electron chi connectivity index (χ3n) is 3.08. The Hall–Kier alpha value is -1.39. The largest absolute Gasteiger partial charge is 0.390 e. The quantitative estimate of drug-likeness (QED) is 0.824. The van der Waals surface area contributed by atoms with Gasteiger partial charge < -0.3 is 10.4 Å². The number of hydrogen-bond donors (Lipinski definition) is 2. The molecule has 0 atom stereocenters. The highest BCUT2D eigenvalue weighted by atomic mass is 16.3. The van der Waals surface area contributed by atoms with E-state index in [4.69, 9.17) is 5.11 Å². The molecule has 0 unspecified atom stereocenters. The van der Waals surface area contributed by atoms with Crippen LogP contribution in [-0.2, 0) is 11.2 Å². The summed E-state index contributed by atoms with van der Waals surface area (Å²) in [5.41, 5.74) is 2.13. The molecule has 1 aliphatic heterocycles. The summed E-state index contributed by atoms with van der Waals surface area (Å²) in [6, 6.07) is 7.97. The van der Waals surface area contributed by atoms with E-state index in [0.717, 1.165) is 18.5 Å². The van der Waals surface area contributed by atoms with Crippen molar-refractivity contribution in [3.05, 3.63) is 29.8 Å². The number of aliphatic hydroxyl groups excluding tert-OH is 1. The highest BCUT2D eigenvalue weighted by Crippen LogP contribution is 2.12. The van der Waals surface area contributed by atoms with E-state index in [1.165, 1.54) is 5.56 Å². The Morgan fingerprint density at radius 2 is 2.06 bits per heavy atom. The van der Waals surface area contributed by atoms with Gasteiger partial charge >= 0.3 is 0 Å². The molecule has 4 heteroatoms. The van der Waals surface area contributed by atoms with E-state index in [0.29, 0.717) is 19.6 Å². The van der Waals surface area contributed by atoms with Crippen molar-refractivity contribution in [2.45, 2.75) is 25.9 Å². The molecule has 1 amide bonds. The van der Waals surface area contributed by atoms with Gasteiger partial charge in [-0.05, 0) is 24.1 Å². The van der Waals surface area contributed by atoms with E-state index in [9.17, 15) is 4.79 Å². The fourth-order valence-corrected chi connectivity index (χ4v) is 2.12. The van der Waals surface area contributed by atoms with Gasteiger partial charge in [-0.25, -0.2) is 0 Å². The number of amides is 1. The summed E-state index contributed by atoms with van der Waals surface area (Å²) in [5, 5.41) is 12.0. The number of aliphatic hydroxyl groups is 1. The first-order valence-electron chi connectivity index (χ1n) is 6.46. The number of carbonyl (C=O) groups is 1. The molecule has 98 valence electrons. The number of nitrogens with one attached hydrogen (secondary N) is 1. The van der Waals surface area contributed by atoms with E-state index in [-0.39, 0.29) is 12.0 Å². The predicted octanol–water partition coefficient (Wildman–Crippen LogP) is 1.25. The van der Waals surface area contributed by atoms with Gasteiger partial charge in [0.05, 0.1) is 12.6 Å². The number of likely N-dealkylation sites (tertiary alicyclic amines) is 1. The van der Waals surface area contributed by atoms with Crippen LogP contribution in [0.5, 0.6) is 0 Å². The molecular weight excluding hydrogens is 228 g/mol. The van der Waals surface area contributed by atoms with E-state index in [1.807, 2.05) is 29.2 Å². The lowest BCUT2D eigenvalue weighted by Gasteiger charge is -2.34. The molecule has 18 heavy (non-hydrogen) atoms. The summed E-state index contributed by atoms with van der Waals surface area (Å²) in [6.45, 7) is 3.71. The van der Waals surface area contributed by atoms with Gasteiger partial charge in [0.2, 0.25) is 5.91 Å². The second-order valence-electron chi connectivity index (χ2n) is 4.84. The first-order chi connectivity index (χ1) is 8.67. The third kappa shape index (κ3) is 3.55. The van der Waals surface area contributed by atoms with Crippen LogP contribution in [0.15, 0.2) is 24.3 Å². The molecule has 1 fully saturated rings. The SMILES string of the molecule is CCCc1ccc(NC(=O)CN2CC(O)C2)cc1. The van der Waals surface area contributed by atoms with Gasteiger partial charge in [-0.2, -0.15) is 0 Å². The maximum Gasteiger partial charge on any atom is 0.238 e. The lowest BCUT2D eigenvalue weighted by molar-refractivity contribution is -0.119. The zero-order valence-electron chi connectivity index (χ0n) is 10.7. The Morgan fingerprint density at radius 3 is 2.61 bits per heavy atom. The van der Waals surface area contributed by atoms with Crippen LogP contribution in [0.2, 0.25) is 0 Å². The van der Waals surface area contributed by atoms with Crippen molar-refractivity contribution in [2.75, 3.05) is 25.0 Å². The second-order valence-corrected chi connectivity index (χ2v) is 4.84. The molecule has 1 aliphatic rings. The zero-order valence-corrected chi connectivity index (χ0v) is 10.7. The molecule has 2 rings (SSSR count). The summed E-state index contributed by atoms with van der Waals surface area (Å²) >= 11 is 0. The fraction of sp³-hybridized carbons (Fsp3) is 0.500.